The number of amides is 2. The van der Waals surface area contributed by atoms with E-state index < -0.39 is 5.91 Å². The first-order valence-corrected chi connectivity index (χ1v) is 10.3. The molecule has 2 amide bonds. The number of hydrogen-bond donors (Lipinski definition) is 2. The van der Waals surface area contributed by atoms with Gasteiger partial charge in [-0.3, -0.25) is 9.59 Å². The maximum atomic E-state index is 12.7. The molecule has 2 aromatic carbocycles. The largest absolute Gasteiger partial charge is 0.463 e. The van der Waals surface area contributed by atoms with Gasteiger partial charge in [0.05, 0.1) is 18.5 Å². The highest BCUT2D eigenvalue weighted by Crippen LogP contribution is 2.25. The summed E-state index contributed by atoms with van der Waals surface area (Å²) in [5.74, 6) is -0.236. The molecule has 2 heterocycles. The molecule has 0 unspecified atom stereocenters. The summed E-state index contributed by atoms with van der Waals surface area (Å²) < 4.78 is 7.10. The Balaban J connectivity index is 1.52. The van der Waals surface area contributed by atoms with Crippen LogP contribution in [0.5, 0.6) is 0 Å². The third-order valence-electron chi connectivity index (χ3n) is 4.94. The van der Waals surface area contributed by atoms with Crippen molar-refractivity contribution >= 4 is 29.1 Å². The molecule has 0 bridgehead atoms. The fraction of sp³-hybridized carbons (Fsp3) is 0.125. The van der Waals surface area contributed by atoms with Gasteiger partial charge in [0.2, 0.25) is 5.91 Å². The molecular weight excluding hydrogens is 428 g/mol. The van der Waals surface area contributed by atoms with Crippen LogP contribution in [0.4, 0.5) is 5.69 Å². The molecule has 4 rings (SSSR count). The predicted octanol–water partition coefficient (Wildman–Crippen LogP) is 4.77. The van der Waals surface area contributed by atoms with Crippen LogP contribution in [0, 0.1) is 13.8 Å². The molecule has 162 valence electrons. The first-order chi connectivity index (χ1) is 15.4. The van der Waals surface area contributed by atoms with Gasteiger partial charge in [0, 0.05) is 16.8 Å². The van der Waals surface area contributed by atoms with Crippen molar-refractivity contribution < 1.29 is 14.0 Å². The minimum atomic E-state index is -0.470. The number of furan rings is 1. The summed E-state index contributed by atoms with van der Waals surface area (Å²) in [5, 5.41) is 10.5. The molecule has 0 saturated carbocycles. The Morgan fingerprint density at radius 2 is 1.75 bits per heavy atom. The Bertz CT molecular complexity index is 1240. The zero-order valence-corrected chi connectivity index (χ0v) is 18.3. The smallest absolute Gasteiger partial charge is 0.272 e. The van der Waals surface area contributed by atoms with Gasteiger partial charge in [0.25, 0.3) is 5.91 Å². The molecule has 0 saturated heterocycles. The third-order valence-corrected chi connectivity index (χ3v) is 5.19. The highest BCUT2D eigenvalue weighted by molar-refractivity contribution is 6.30. The number of benzene rings is 2. The average Bonchev–Trinajstić information content (AvgIpc) is 3.45. The Labute approximate surface area is 190 Å². The molecule has 8 heteroatoms. The van der Waals surface area contributed by atoms with Crippen LogP contribution in [0.25, 0.3) is 17.1 Å². The molecule has 0 aliphatic heterocycles. The number of rotatable bonds is 6. The van der Waals surface area contributed by atoms with Crippen LogP contribution >= 0.6 is 11.6 Å². The van der Waals surface area contributed by atoms with Crippen LogP contribution in [0.1, 0.15) is 21.6 Å². The van der Waals surface area contributed by atoms with E-state index in [0.29, 0.717) is 22.2 Å². The number of aromatic nitrogens is 2. The molecule has 0 aliphatic carbocycles. The van der Waals surface area contributed by atoms with Crippen LogP contribution in [-0.2, 0) is 4.79 Å². The van der Waals surface area contributed by atoms with Gasteiger partial charge in [-0.25, -0.2) is 4.68 Å². The molecule has 32 heavy (non-hydrogen) atoms. The lowest BCUT2D eigenvalue weighted by Crippen LogP contribution is -2.33. The normalized spacial score (nSPS) is 10.7. The number of para-hydroxylation sites is 1. The highest BCUT2D eigenvalue weighted by Gasteiger charge is 2.19. The van der Waals surface area contributed by atoms with Crippen molar-refractivity contribution in [2.45, 2.75) is 13.8 Å². The van der Waals surface area contributed by atoms with Crippen LogP contribution in [0.2, 0.25) is 5.02 Å². The highest BCUT2D eigenvalue weighted by atomic mass is 35.5. The van der Waals surface area contributed by atoms with Crippen LogP contribution in [0.3, 0.4) is 0 Å². The average molecular weight is 449 g/mol. The number of carbonyl (C=O) groups excluding carboxylic acids is 2. The van der Waals surface area contributed by atoms with Crippen molar-refractivity contribution in [3.8, 4) is 17.1 Å². The Hall–Kier alpha value is -3.84. The van der Waals surface area contributed by atoms with Gasteiger partial charge in [0.15, 0.2) is 11.5 Å². The van der Waals surface area contributed by atoms with E-state index >= 15 is 0 Å². The third kappa shape index (κ3) is 4.58. The minimum absolute atomic E-state index is 0.159. The molecule has 0 aliphatic rings. The standard InChI is InChI=1S/C24H21ClN4O3/c1-15-5-3-6-16(2)23(15)27-22(30)14-26-24(31)19-13-20(21-7-4-12-32-21)29(28-19)18-10-8-17(25)9-11-18/h3-13H,14H2,1-2H3,(H,26,31)(H,27,30). The zero-order chi connectivity index (χ0) is 22.7. The molecule has 0 spiro atoms. The molecule has 4 aromatic rings. The van der Waals surface area contributed by atoms with E-state index in [-0.39, 0.29) is 18.1 Å². The predicted molar refractivity (Wildman–Crippen MR) is 123 cm³/mol. The summed E-state index contributed by atoms with van der Waals surface area (Å²) in [7, 11) is 0. The molecule has 0 radical (unpaired) electrons. The van der Waals surface area contributed by atoms with Crippen molar-refractivity contribution in [2.75, 3.05) is 11.9 Å². The van der Waals surface area contributed by atoms with E-state index in [0.717, 1.165) is 16.8 Å². The lowest BCUT2D eigenvalue weighted by molar-refractivity contribution is -0.115. The molecule has 0 fully saturated rings. The van der Waals surface area contributed by atoms with Gasteiger partial charge in [-0.2, -0.15) is 5.10 Å². The van der Waals surface area contributed by atoms with Gasteiger partial charge in [-0.05, 0) is 61.4 Å². The van der Waals surface area contributed by atoms with Gasteiger partial charge < -0.3 is 15.1 Å². The summed E-state index contributed by atoms with van der Waals surface area (Å²) in [6.45, 7) is 3.65. The number of hydrogen-bond acceptors (Lipinski definition) is 4. The zero-order valence-electron chi connectivity index (χ0n) is 17.6. The summed E-state index contributed by atoms with van der Waals surface area (Å²) >= 11 is 5.99. The first kappa shape index (κ1) is 21.4. The summed E-state index contributed by atoms with van der Waals surface area (Å²) in [4.78, 5) is 25.1. The van der Waals surface area contributed by atoms with E-state index in [2.05, 4.69) is 15.7 Å². The topological polar surface area (TPSA) is 89.2 Å². The molecule has 2 aromatic heterocycles. The maximum Gasteiger partial charge on any atom is 0.272 e. The summed E-state index contributed by atoms with van der Waals surface area (Å²) in [6.07, 6.45) is 1.55. The fourth-order valence-corrected chi connectivity index (χ4v) is 3.44. The van der Waals surface area contributed by atoms with E-state index in [1.807, 2.05) is 32.0 Å². The summed E-state index contributed by atoms with van der Waals surface area (Å²) in [6, 6.07) is 18.0. The van der Waals surface area contributed by atoms with E-state index in [1.165, 1.54) is 0 Å². The lowest BCUT2D eigenvalue weighted by Gasteiger charge is -2.11. The monoisotopic (exact) mass is 448 g/mol. The summed E-state index contributed by atoms with van der Waals surface area (Å²) in [5.41, 5.74) is 4.13. The number of halogens is 1. The lowest BCUT2D eigenvalue weighted by atomic mass is 10.1. The van der Waals surface area contributed by atoms with Gasteiger partial charge >= 0.3 is 0 Å². The second-order valence-corrected chi connectivity index (χ2v) is 7.71. The second kappa shape index (κ2) is 9.11. The van der Waals surface area contributed by atoms with E-state index in [1.54, 1.807) is 53.4 Å². The maximum absolute atomic E-state index is 12.7. The quantitative estimate of drug-likeness (QED) is 0.444. The number of nitrogens with one attached hydrogen (secondary N) is 2. The molecule has 0 atom stereocenters. The fourth-order valence-electron chi connectivity index (χ4n) is 3.32. The van der Waals surface area contributed by atoms with Crippen molar-refractivity contribution in [2.24, 2.45) is 0 Å². The van der Waals surface area contributed by atoms with Crippen molar-refractivity contribution in [1.82, 2.24) is 15.1 Å². The van der Waals surface area contributed by atoms with Crippen molar-refractivity contribution in [1.29, 1.82) is 0 Å². The Morgan fingerprint density at radius 1 is 1.03 bits per heavy atom. The first-order valence-electron chi connectivity index (χ1n) is 9.96. The van der Waals surface area contributed by atoms with Gasteiger partial charge in [0.1, 0.15) is 5.69 Å². The van der Waals surface area contributed by atoms with Gasteiger partial charge in [-0.15, -0.1) is 0 Å². The Morgan fingerprint density at radius 3 is 2.41 bits per heavy atom. The minimum Gasteiger partial charge on any atom is -0.463 e. The van der Waals surface area contributed by atoms with E-state index in [9.17, 15) is 9.59 Å². The van der Waals surface area contributed by atoms with Crippen molar-refractivity contribution in [3.63, 3.8) is 0 Å². The number of carbonyl (C=O) groups is 2. The molecule has 7 nitrogen and oxygen atoms in total. The number of aryl methyl sites for hydroxylation is 2. The van der Waals surface area contributed by atoms with Crippen LogP contribution in [-0.4, -0.2) is 28.1 Å². The van der Waals surface area contributed by atoms with Crippen molar-refractivity contribution in [3.05, 3.63) is 88.8 Å². The van der Waals surface area contributed by atoms with Gasteiger partial charge in [-0.1, -0.05) is 29.8 Å². The second-order valence-electron chi connectivity index (χ2n) is 7.28. The SMILES string of the molecule is Cc1cccc(C)c1NC(=O)CNC(=O)c1cc(-c2ccco2)n(-c2ccc(Cl)cc2)n1. The van der Waals surface area contributed by atoms with E-state index in [4.69, 9.17) is 16.0 Å². The number of anilines is 1. The molecule has 2 N–H and O–H groups in total. The number of nitrogens with zero attached hydrogens (tertiary/aromatic N) is 2. The van der Waals surface area contributed by atoms with Crippen LogP contribution in [0.15, 0.2) is 71.3 Å². The molecular formula is C24H21ClN4O3. The van der Waals surface area contributed by atoms with Crippen LogP contribution < -0.4 is 10.6 Å². The Kier molecular flexibility index (Phi) is 6.09.